The first kappa shape index (κ1) is 14.6. The minimum atomic E-state index is -0.429. The molecule has 2 aromatic heterocycles. The van der Waals surface area contributed by atoms with Crippen molar-refractivity contribution in [3.05, 3.63) is 16.8 Å². The minimum absolute atomic E-state index is 0.0762. The maximum atomic E-state index is 9.95. The molecule has 1 aliphatic carbocycles. The van der Waals surface area contributed by atoms with Gasteiger partial charge in [0.15, 0.2) is 5.65 Å². The molecule has 23 heavy (non-hydrogen) atoms. The van der Waals surface area contributed by atoms with Crippen molar-refractivity contribution < 1.29 is 5.11 Å². The van der Waals surface area contributed by atoms with E-state index in [1.165, 1.54) is 16.8 Å². The third-order valence-electron chi connectivity index (χ3n) is 4.88. The molecule has 0 bridgehead atoms. The number of fused-ring (bicyclic) bond motifs is 2. The fourth-order valence-electron chi connectivity index (χ4n) is 3.63. The van der Waals surface area contributed by atoms with Gasteiger partial charge in [-0.15, -0.1) is 0 Å². The summed E-state index contributed by atoms with van der Waals surface area (Å²) >= 11 is 0. The lowest BCUT2D eigenvalue weighted by atomic mass is 10.1. The Bertz CT molecular complexity index is 762. The van der Waals surface area contributed by atoms with E-state index in [1.807, 2.05) is 7.05 Å². The molecule has 7 heteroatoms. The standard InChI is InChI=1S/C16H22N6O/c1-8-9-4-3-5-10(9)19-15-13(8)14(17-2)21-16(22-15)20-11-6-18-7-12(11)23/h11-12,18,23H,3-7H2,1-2H3,(H2,17,19,20,21,22)/t11-,12-/m0/s1. The van der Waals surface area contributed by atoms with Gasteiger partial charge >= 0.3 is 0 Å². The Morgan fingerprint density at radius 3 is 2.78 bits per heavy atom. The number of pyridine rings is 1. The highest BCUT2D eigenvalue weighted by Gasteiger charge is 2.26. The Balaban J connectivity index is 1.80. The number of aryl methyl sites for hydroxylation is 2. The molecule has 0 radical (unpaired) electrons. The highest BCUT2D eigenvalue weighted by atomic mass is 16.3. The van der Waals surface area contributed by atoms with Crippen molar-refractivity contribution in [2.24, 2.45) is 0 Å². The van der Waals surface area contributed by atoms with Crippen LogP contribution in [0.3, 0.4) is 0 Å². The van der Waals surface area contributed by atoms with Crippen LogP contribution in [0.5, 0.6) is 0 Å². The molecule has 1 saturated heterocycles. The summed E-state index contributed by atoms with van der Waals surface area (Å²) < 4.78 is 0. The summed E-state index contributed by atoms with van der Waals surface area (Å²) in [6, 6.07) is -0.0762. The molecule has 0 spiro atoms. The second kappa shape index (κ2) is 5.58. The molecule has 0 aromatic carbocycles. The van der Waals surface area contributed by atoms with Crippen LogP contribution in [0.1, 0.15) is 23.2 Å². The SMILES string of the molecule is CNc1nc(N[C@H]2CNC[C@@H]2O)nc2nc3c(c(C)c12)CCC3. The van der Waals surface area contributed by atoms with Crippen molar-refractivity contribution in [3.63, 3.8) is 0 Å². The zero-order valence-corrected chi connectivity index (χ0v) is 13.5. The van der Waals surface area contributed by atoms with E-state index in [9.17, 15) is 5.11 Å². The van der Waals surface area contributed by atoms with E-state index < -0.39 is 6.10 Å². The maximum Gasteiger partial charge on any atom is 0.227 e. The van der Waals surface area contributed by atoms with E-state index >= 15 is 0 Å². The number of aliphatic hydroxyl groups is 1. The van der Waals surface area contributed by atoms with Crippen molar-refractivity contribution >= 4 is 22.8 Å². The Morgan fingerprint density at radius 1 is 1.17 bits per heavy atom. The molecule has 4 rings (SSSR count). The van der Waals surface area contributed by atoms with Crippen molar-refractivity contribution in [1.29, 1.82) is 0 Å². The molecule has 2 aliphatic rings. The third kappa shape index (κ3) is 2.40. The van der Waals surface area contributed by atoms with Crippen LogP contribution in [0.2, 0.25) is 0 Å². The lowest BCUT2D eigenvalue weighted by Crippen LogP contribution is -2.32. The quantitative estimate of drug-likeness (QED) is 0.659. The first-order valence-corrected chi connectivity index (χ1v) is 8.20. The van der Waals surface area contributed by atoms with Crippen LogP contribution in [-0.4, -0.2) is 52.3 Å². The summed E-state index contributed by atoms with van der Waals surface area (Å²) in [5.74, 6) is 1.30. The zero-order valence-electron chi connectivity index (χ0n) is 13.5. The average Bonchev–Trinajstić information content (AvgIpc) is 3.16. The molecular formula is C16H22N6O. The van der Waals surface area contributed by atoms with Gasteiger partial charge in [-0.3, -0.25) is 0 Å². The van der Waals surface area contributed by atoms with Gasteiger partial charge in [-0.05, 0) is 37.3 Å². The van der Waals surface area contributed by atoms with Crippen molar-refractivity contribution in [2.75, 3.05) is 30.8 Å². The summed E-state index contributed by atoms with van der Waals surface area (Å²) in [7, 11) is 1.87. The number of aliphatic hydroxyl groups excluding tert-OH is 1. The summed E-state index contributed by atoms with van der Waals surface area (Å²) in [5, 5.41) is 20.5. The van der Waals surface area contributed by atoms with Gasteiger partial charge in [0, 0.05) is 25.8 Å². The first-order valence-electron chi connectivity index (χ1n) is 8.20. The minimum Gasteiger partial charge on any atom is -0.390 e. The van der Waals surface area contributed by atoms with Gasteiger partial charge in [0.05, 0.1) is 17.5 Å². The van der Waals surface area contributed by atoms with Gasteiger partial charge in [-0.25, -0.2) is 4.98 Å². The Labute approximate surface area is 134 Å². The van der Waals surface area contributed by atoms with Gasteiger partial charge < -0.3 is 21.1 Å². The van der Waals surface area contributed by atoms with Crippen LogP contribution < -0.4 is 16.0 Å². The number of aromatic nitrogens is 3. The zero-order chi connectivity index (χ0) is 16.0. The van der Waals surface area contributed by atoms with Crippen molar-refractivity contribution in [3.8, 4) is 0 Å². The number of hydrogen-bond donors (Lipinski definition) is 4. The number of anilines is 2. The summed E-state index contributed by atoms with van der Waals surface area (Å²) in [5.41, 5.74) is 4.49. The van der Waals surface area contributed by atoms with Gasteiger partial charge in [0.2, 0.25) is 5.95 Å². The van der Waals surface area contributed by atoms with E-state index in [0.717, 1.165) is 36.1 Å². The van der Waals surface area contributed by atoms with Gasteiger partial charge in [0.25, 0.3) is 0 Å². The van der Waals surface area contributed by atoms with E-state index in [1.54, 1.807) is 0 Å². The fraction of sp³-hybridized carbons (Fsp3) is 0.562. The molecule has 4 N–H and O–H groups in total. The molecule has 1 aliphatic heterocycles. The van der Waals surface area contributed by atoms with E-state index in [2.05, 4.69) is 32.8 Å². The Morgan fingerprint density at radius 2 is 2.04 bits per heavy atom. The molecule has 122 valence electrons. The van der Waals surface area contributed by atoms with Gasteiger partial charge in [0.1, 0.15) is 5.82 Å². The predicted molar refractivity (Wildman–Crippen MR) is 89.9 cm³/mol. The number of β-amino-alcohol motifs (C(OH)–C–C–N with tert-alkyl or cyclic N) is 1. The second-order valence-electron chi connectivity index (χ2n) is 6.34. The van der Waals surface area contributed by atoms with Crippen LogP contribution >= 0.6 is 0 Å². The van der Waals surface area contributed by atoms with Crippen molar-refractivity contribution in [1.82, 2.24) is 20.3 Å². The number of hydrogen-bond acceptors (Lipinski definition) is 7. The first-order chi connectivity index (χ1) is 11.2. The second-order valence-corrected chi connectivity index (χ2v) is 6.34. The molecular weight excluding hydrogens is 292 g/mol. The fourth-order valence-corrected chi connectivity index (χ4v) is 3.63. The maximum absolute atomic E-state index is 9.95. The van der Waals surface area contributed by atoms with Crippen LogP contribution in [0.25, 0.3) is 11.0 Å². The smallest absolute Gasteiger partial charge is 0.227 e. The number of nitrogens with one attached hydrogen (secondary N) is 3. The van der Waals surface area contributed by atoms with E-state index in [0.29, 0.717) is 19.0 Å². The Kier molecular flexibility index (Phi) is 3.54. The molecule has 0 unspecified atom stereocenters. The molecule has 0 amide bonds. The monoisotopic (exact) mass is 314 g/mol. The average molecular weight is 314 g/mol. The molecule has 1 fully saturated rings. The van der Waals surface area contributed by atoms with E-state index in [-0.39, 0.29) is 6.04 Å². The van der Waals surface area contributed by atoms with Gasteiger partial charge in [-0.1, -0.05) is 0 Å². The van der Waals surface area contributed by atoms with Gasteiger partial charge in [-0.2, -0.15) is 9.97 Å². The number of rotatable bonds is 3. The van der Waals surface area contributed by atoms with Crippen molar-refractivity contribution in [2.45, 2.75) is 38.3 Å². The lowest BCUT2D eigenvalue weighted by Gasteiger charge is -2.17. The molecule has 2 atom stereocenters. The summed E-state index contributed by atoms with van der Waals surface area (Å²) in [6.45, 7) is 3.43. The van der Waals surface area contributed by atoms with E-state index in [4.69, 9.17) is 4.98 Å². The molecule has 0 saturated carbocycles. The lowest BCUT2D eigenvalue weighted by molar-refractivity contribution is 0.185. The normalized spacial score (nSPS) is 23.3. The molecule has 2 aromatic rings. The van der Waals surface area contributed by atoms with Crippen LogP contribution in [0, 0.1) is 6.92 Å². The Hall–Kier alpha value is -1.99. The van der Waals surface area contributed by atoms with Crippen LogP contribution in [-0.2, 0) is 12.8 Å². The molecule has 3 heterocycles. The van der Waals surface area contributed by atoms with Crippen LogP contribution in [0.15, 0.2) is 0 Å². The van der Waals surface area contributed by atoms with Crippen LogP contribution in [0.4, 0.5) is 11.8 Å². The third-order valence-corrected chi connectivity index (χ3v) is 4.88. The highest BCUT2D eigenvalue weighted by molar-refractivity contribution is 5.91. The predicted octanol–water partition coefficient (Wildman–Crippen LogP) is 0.608. The summed E-state index contributed by atoms with van der Waals surface area (Å²) in [6.07, 6.45) is 2.85. The molecule has 7 nitrogen and oxygen atoms in total. The topological polar surface area (TPSA) is 95.0 Å². The number of nitrogens with zero attached hydrogens (tertiary/aromatic N) is 3. The largest absolute Gasteiger partial charge is 0.390 e. The highest BCUT2D eigenvalue weighted by Crippen LogP contribution is 2.32. The summed E-state index contributed by atoms with van der Waals surface area (Å²) in [4.78, 5) is 14.0.